The largest absolute Gasteiger partial charge is 0.361 e. The molecule has 2 aromatic carbocycles. The molecule has 0 saturated carbocycles. The number of aromatic amines is 1. The average molecular weight is 294 g/mol. The molecule has 0 amide bonds. The van der Waals surface area contributed by atoms with Gasteiger partial charge in [-0.2, -0.15) is 0 Å². The highest BCUT2D eigenvalue weighted by Gasteiger charge is 2.07. The number of rotatable bonds is 2. The maximum absolute atomic E-state index is 13.0. The fourth-order valence-corrected chi connectivity index (χ4v) is 3.17. The van der Waals surface area contributed by atoms with E-state index >= 15 is 0 Å². The number of hydrogen-bond acceptors (Lipinski definition) is 2. The van der Waals surface area contributed by atoms with Crippen LogP contribution in [-0.2, 0) is 0 Å². The Labute approximate surface area is 124 Å². The molecule has 1 N–H and O–H groups in total. The lowest BCUT2D eigenvalue weighted by molar-refractivity contribution is 0.628. The van der Waals surface area contributed by atoms with Crippen LogP contribution in [0.2, 0.25) is 0 Å². The zero-order valence-electron chi connectivity index (χ0n) is 11.0. The minimum Gasteiger partial charge on any atom is -0.361 e. The van der Waals surface area contributed by atoms with Gasteiger partial charge in [0.15, 0.2) is 0 Å². The summed E-state index contributed by atoms with van der Waals surface area (Å²) in [5.41, 5.74) is 4.06. The molecule has 0 saturated heterocycles. The monoisotopic (exact) mass is 294 g/mol. The van der Waals surface area contributed by atoms with Crippen LogP contribution in [0.15, 0.2) is 60.1 Å². The lowest BCUT2D eigenvalue weighted by Gasteiger charge is -1.98. The molecule has 102 valence electrons. The third kappa shape index (κ3) is 2.23. The number of nitrogens with one attached hydrogen (secondary N) is 1. The standard InChI is InChI=1S/C17H11FN2S/c18-14-5-3-12(4-6-14)17-20-16(10-21-17)13-2-1-11-7-8-19-15(11)9-13/h1-10,19H. The van der Waals surface area contributed by atoms with Crippen LogP contribution in [0.25, 0.3) is 32.7 Å². The van der Waals surface area contributed by atoms with Gasteiger partial charge in [-0.15, -0.1) is 11.3 Å². The summed E-state index contributed by atoms with van der Waals surface area (Å²) < 4.78 is 13.0. The first-order valence-electron chi connectivity index (χ1n) is 6.58. The fraction of sp³-hybridized carbons (Fsp3) is 0. The molecule has 0 aliphatic heterocycles. The van der Waals surface area contributed by atoms with Gasteiger partial charge in [-0.3, -0.25) is 0 Å². The topological polar surface area (TPSA) is 28.7 Å². The summed E-state index contributed by atoms with van der Waals surface area (Å²) in [6.45, 7) is 0. The lowest BCUT2D eigenvalue weighted by atomic mass is 10.1. The van der Waals surface area contributed by atoms with Crippen LogP contribution in [0.5, 0.6) is 0 Å². The summed E-state index contributed by atoms with van der Waals surface area (Å²) in [7, 11) is 0. The molecular weight excluding hydrogens is 283 g/mol. The Morgan fingerprint density at radius 2 is 1.76 bits per heavy atom. The average Bonchev–Trinajstić information content (AvgIpc) is 3.16. The van der Waals surface area contributed by atoms with Gasteiger partial charge in [0.05, 0.1) is 5.69 Å². The molecule has 0 atom stereocenters. The molecule has 2 nitrogen and oxygen atoms in total. The Kier molecular flexibility index (Phi) is 2.82. The molecule has 0 fully saturated rings. The highest BCUT2D eigenvalue weighted by atomic mass is 32.1. The summed E-state index contributed by atoms with van der Waals surface area (Å²) in [6, 6.07) is 14.7. The van der Waals surface area contributed by atoms with Crippen LogP contribution in [0.3, 0.4) is 0 Å². The highest BCUT2D eigenvalue weighted by molar-refractivity contribution is 7.13. The summed E-state index contributed by atoms with van der Waals surface area (Å²) in [5.74, 6) is -0.229. The second-order valence-corrected chi connectivity index (χ2v) is 5.68. The second kappa shape index (κ2) is 4.82. The van der Waals surface area contributed by atoms with Crippen LogP contribution in [-0.4, -0.2) is 9.97 Å². The van der Waals surface area contributed by atoms with Gasteiger partial charge >= 0.3 is 0 Å². The lowest BCUT2D eigenvalue weighted by Crippen LogP contribution is -1.80. The van der Waals surface area contributed by atoms with E-state index in [1.54, 1.807) is 23.5 Å². The summed E-state index contributed by atoms with van der Waals surface area (Å²) >= 11 is 1.57. The predicted molar refractivity (Wildman–Crippen MR) is 84.8 cm³/mol. The molecule has 4 rings (SSSR count). The van der Waals surface area contributed by atoms with Crippen LogP contribution >= 0.6 is 11.3 Å². The number of benzene rings is 2. The highest BCUT2D eigenvalue weighted by Crippen LogP contribution is 2.30. The Morgan fingerprint density at radius 1 is 0.952 bits per heavy atom. The van der Waals surface area contributed by atoms with Gasteiger partial charge in [-0.1, -0.05) is 12.1 Å². The summed E-state index contributed by atoms with van der Waals surface area (Å²) in [4.78, 5) is 7.86. The maximum Gasteiger partial charge on any atom is 0.124 e. The number of thiazole rings is 1. The van der Waals surface area contributed by atoms with Crippen molar-refractivity contribution in [2.24, 2.45) is 0 Å². The van der Waals surface area contributed by atoms with Crippen LogP contribution in [0, 0.1) is 5.82 Å². The molecule has 4 aromatic rings. The van der Waals surface area contributed by atoms with Crippen molar-refractivity contribution < 1.29 is 4.39 Å². The van der Waals surface area contributed by atoms with E-state index in [1.165, 1.54) is 17.5 Å². The normalized spacial score (nSPS) is 11.1. The second-order valence-electron chi connectivity index (χ2n) is 4.82. The van der Waals surface area contributed by atoms with E-state index in [0.717, 1.165) is 27.3 Å². The van der Waals surface area contributed by atoms with E-state index in [9.17, 15) is 4.39 Å². The SMILES string of the molecule is Fc1ccc(-c2nc(-c3ccc4cc[nH]c4c3)cs2)cc1. The zero-order valence-corrected chi connectivity index (χ0v) is 11.8. The van der Waals surface area contributed by atoms with E-state index in [0.29, 0.717) is 0 Å². The Hall–Kier alpha value is -2.46. The molecule has 2 aromatic heterocycles. The van der Waals surface area contributed by atoms with Crippen molar-refractivity contribution >= 4 is 22.2 Å². The van der Waals surface area contributed by atoms with Gasteiger partial charge in [0.1, 0.15) is 10.8 Å². The number of halogens is 1. The molecule has 0 radical (unpaired) electrons. The Morgan fingerprint density at radius 3 is 2.62 bits per heavy atom. The van der Waals surface area contributed by atoms with Crippen molar-refractivity contribution in [1.29, 1.82) is 0 Å². The van der Waals surface area contributed by atoms with Crippen LogP contribution in [0.4, 0.5) is 4.39 Å². The minimum absolute atomic E-state index is 0.229. The first-order valence-corrected chi connectivity index (χ1v) is 7.46. The van der Waals surface area contributed by atoms with Gasteiger partial charge in [0.25, 0.3) is 0 Å². The van der Waals surface area contributed by atoms with Crippen molar-refractivity contribution in [2.45, 2.75) is 0 Å². The van der Waals surface area contributed by atoms with E-state index in [-0.39, 0.29) is 5.82 Å². The first-order chi connectivity index (χ1) is 10.3. The van der Waals surface area contributed by atoms with Crippen molar-refractivity contribution in [3.8, 4) is 21.8 Å². The van der Waals surface area contributed by atoms with Crippen molar-refractivity contribution in [2.75, 3.05) is 0 Å². The summed E-state index contributed by atoms with van der Waals surface area (Å²) in [6.07, 6.45) is 1.93. The van der Waals surface area contributed by atoms with Crippen LogP contribution < -0.4 is 0 Å². The Balaban J connectivity index is 1.74. The molecule has 0 unspecified atom stereocenters. The van der Waals surface area contributed by atoms with Crippen LogP contribution in [0.1, 0.15) is 0 Å². The van der Waals surface area contributed by atoms with Gasteiger partial charge in [-0.25, -0.2) is 9.37 Å². The van der Waals surface area contributed by atoms with Gasteiger partial charge < -0.3 is 4.98 Å². The maximum atomic E-state index is 13.0. The quantitative estimate of drug-likeness (QED) is 0.547. The van der Waals surface area contributed by atoms with Gasteiger partial charge in [-0.05, 0) is 41.8 Å². The third-order valence-corrected chi connectivity index (χ3v) is 4.34. The Bertz CT molecular complexity index is 906. The molecule has 4 heteroatoms. The number of nitrogens with zero attached hydrogens (tertiary/aromatic N) is 1. The first kappa shape index (κ1) is 12.3. The van der Waals surface area contributed by atoms with E-state index < -0.39 is 0 Å². The van der Waals surface area contributed by atoms with E-state index in [4.69, 9.17) is 0 Å². The van der Waals surface area contributed by atoms with Gasteiger partial charge in [0.2, 0.25) is 0 Å². The fourth-order valence-electron chi connectivity index (χ4n) is 2.34. The van der Waals surface area contributed by atoms with Gasteiger partial charge in [0, 0.05) is 28.2 Å². The van der Waals surface area contributed by atoms with Crippen molar-refractivity contribution in [3.63, 3.8) is 0 Å². The van der Waals surface area contributed by atoms with E-state index in [1.807, 2.05) is 17.6 Å². The van der Waals surface area contributed by atoms with Crippen molar-refractivity contribution in [1.82, 2.24) is 9.97 Å². The third-order valence-electron chi connectivity index (χ3n) is 3.45. The molecule has 0 spiro atoms. The number of H-pyrrole nitrogens is 1. The number of aromatic nitrogens is 2. The molecule has 0 aliphatic rings. The minimum atomic E-state index is -0.229. The van der Waals surface area contributed by atoms with Crippen molar-refractivity contribution in [3.05, 3.63) is 65.9 Å². The molecule has 2 heterocycles. The van der Waals surface area contributed by atoms with E-state index in [2.05, 4.69) is 28.2 Å². The number of fused-ring (bicyclic) bond motifs is 1. The number of hydrogen-bond donors (Lipinski definition) is 1. The predicted octanol–water partition coefficient (Wildman–Crippen LogP) is 5.10. The molecular formula is C17H11FN2S. The molecule has 21 heavy (non-hydrogen) atoms. The smallest absolute Gasteiger partial charge is 0.124 e. The summed E-state index contributed by atoms with van der Waals surface area (Å²) in [5, 5.41) is 4.12. The molecule has 0 bridgehead atoms. The zero-order chi connectivity index (χ0) is 14.2. The molecule has 0 aliphatic carbocycles.